The topological polar surface area (TPSA) is 45.0 Å². The fourth-order valence-electron chi connectivity index (χ4n) is 2.47. The SMILES string of the molecule is Cc1ccc(CNCc2cccc(OCCCC#N)c2)c(C)c1. The van der Waals surface area contributed by atoms with E-state index in [0.29, 0.717) is 13.0 Å². The molecule has 0 saturated carbocycles. The molecule has 0 saturated heterocycles. The molecule has 2 aromatic carbocycles. The van der Waals surface area contributed by atoms with Crippen molar-refractivity contribution in [1.82, 2.24) is 5.32 Å². The Hall–Kier alpha value is -2.31. The van der Waals surface area contributed by atoms with Gasteiger partial charge in [-0.05, 0) is 49.1 Å². The highest BCUT2D eigenvalue weighted by atomic mass is 16.5. The molecule has 0 fully saturated rings. The Bertz CT molecular complexity index is 674. The molecule has 0 aliphatic rings. The maximum Gasteiger partial charge on any atom is 0.119 e. The molecule has 0 aliphatic carbocycles. The highest BCUT2D eigenvalue weighted by molar-refractivity contribution is 5.31. The summed E-state index contributed by atoms with van der Waals surface area (Å²) in [5.41, 5.74) is 5.16. The Morgan fingerprint density at radius 3 is 2.74 bits per heavy atom. The van der Waals surface area contributed by atoms with Gasteiger partial charge in [0.25, 0.3) is 0 Å². The fraction of sp³-hybridized carbons (Fsp3) is 0.350. The molecule has 0 heterocycles. The summed E-state index contributed by atoms with van der Waals surface area (Å²) in [6.45, 7) is 6.53. The predicted molar refractivity (Wildman–Crippen MR) is 93.2 cm³/mol. The summed E-state index contributed by atoms with van der Waals surface area (Å²) in [5.74, 6) is 0.869. The Balaban J connectivity index is 1.82. The first-order valence-electron chi connectivity index (χ1n) is 8.04. The minimum absolute atomic E-state index is 0.539. The van der Waals surface area contributed by atoms with Crippen LogP contribution in [0.3, 0.4) is 0 Å². The lowest BCUT2D eigenvalue weighted by Gasteiger charge is -2.10. The van der Waals surface area contributed by atoms with Crippen molar-refractivity contribution in [1.29, 1.82) is 5.26 Å². The molecule has 0 amide bonds. The number of hydrogen-bond acceptors (Lipinski definition) is 3. The summed E-state index contributed by atoms with van der Waals surface area (Å²) in [7, 11) is 0. The predicted octanol–water partition coefficient (Wildman–Crippen LogP) is 4.28. The van der Waals surface area contributed by atoms with E-state index in [-0.39, 0.29) is 0 Å². The summed E-state index contributed by atoms with van der Waals surface area (Å²) >= 11 is 0. The molecule has 3 nitrogen and oxygen atoms in total. The van der Waals surface area contributed by atoms with Gasteiger partial charge in [0.05, 0.1) is 12.7 Å². The first-order valence-corrected chi connectivity index (χ1v) is 8.04. The molecule has 2 aromatic rings. The number of nitrogens with one attached hydrogen (secondary N) is 1. The Labute approximate surface area is 138 Å². The van der Waals surface area contributed by atoms with Crippen LogP contribution in [0.2, 0.25) is 0 Å². The lowest BCUT2D eigenvalue weighted by molar-refractivity contribution is 0.312. The van der Waals surface area contributed by atoms with Crippen LogP contribution in [0.15, 0.2) is 42.5 Å². The van der Waals surface area contributed by atoms with Gasteiger partial charge in [-0.1, -0.05) is 35.9 Å². The summed E-state index contributed by atoms with van der Waals surface area (Å²) < 4.78 is 5.67. The zero-order valence-corrected chi connectivity index (χ0v) is 13.9. The van der Waals surface area contributed by atoms with Crippen molar-refractivity contribution >= 4 is 0 Å². The van der Waals surface area contributed by atoms with Crippen molar-refractivity contribution in [3.8, 4) is 11.8 Å². The monoisotopic (exact) mass is 308 g/mol. The molecule has 0 spiro atoms. The maximum absolute atomic E-state index is 8.52. The van der Waals surface area contributed by atoms with Gasteiger partial charge in [0.2, 0.25) is 0 Å². The minimum atomic E-state index is 0.539. The highest BCUT2D eigenvalue weighted by Crippen LogP contribution is 2.14. The van der Waals surface area contributed by atoms with Gasteiger partial charge in [-0.3, -0.25) is 0 Å². The number of unbranched alkanes of at least 4 members (excludes halogenated alkanes) is 1. The molecule has 0 atom stereocenters. The standard InChI is InChI=1S/C20H24N2O/c1-16-8-9-19(17(2)12-16)15-22-14-18-6-5-7-20(13-18)23-11-4-3-10-21/h5-9,12-13,22H,3-4,11,14-15H2,1-2H3. The first-order chi connectivity index (χ1) is 11.2. The molecule has 0 unspecified atom stereocenters. The second kappa shape index (κ2) is 8.97. The van der Waals surface area contributed by atoms with Gasteiger partial charge < -0.3 is 10.1 Å². The smallest absolute Gasteiger partial charge is 0.119 e. The zero-order chi connectivity index (χ0) is 16.5. The molecule has 0 radical (unpaired) electrons. The lowest BCUT2D eigenvalue weighted by Crippen LogP contribution is -2.13. The van der Waals surface area contributed by atoms with E-state index in [9.17, 15) is 0 Å². The third-order valence-electron chi connectivity index (χ3n) is 3.74. The number of nitriles is 1. The van der Waals surface area contributed by atoms with Gasteiger partial charge in [0.1, 0.15) is 5.75 Å². The average Bonchev–Trinajstić information content (AvgIpc) is 2.54. The van der Waals surface area contributed by atoms with Crippen LogP contribution in [-0.2, 0) is 13.1 Å². The van der Waals surface area contributed by atoms with E-state index in [0.717, 1.165) is 25.3 Å². The fourth-order valence-corrected chi connectivity index (χ4v) is 2.47. The van der Waals surface area contributed by atoms with Crippen LogP contribution in [0.4, 0.5) is 0 Å². The molecule has 0 aliphatic heterocycles. The lowest BCUT2D eigenvalue weighted by atomic mass is 10.1. The number of nitrogens with zero attached hydrogens (tertiary/aromatic N) is 1. The minimum Gasteiger partial charge on any atom is -0.494 e. The Morgan fingerprint density at radius 1 is 1.09 bits per heavy atom. The second-order valence-corrected chi connectivity index (χ2v) is 5.79. The van der Waals surface area contributed by atoms with Gasteiger partial charge in [0.15, 0.2) is 0 Å². The molecular weight excluding hydrogens is 284 g/mol. The van der Waals surface area contributed by atoms with Crippen molar-refractivity contribution in [2.45, 2.75) is 39.8 Å². The third kappa shape index (κ3) is 5.77. The van der Waals surface area contributed by atoms with E-state index < -0.39 is 0 Å². The average molecular weight is 308 g/mol. The van der Waals surface area contributed by atoms with E-state index in [4.69, 9.17) is 10.00 Å². The van der Waals surface area contributed by atoms with E-state index in [1.165, 1.54) is 22.3 Å². The number of ether oxygens (including phenoxy) is 1. The van der Waals surface area contributed by atoms with E-state index in [1.54, 1.807) is 0 Å². The van der Waals surface area contributed by atoms with Gasteiger partial charge >= 0.3 is 0 Å². The Kier molecular flexibility index (Phi) is 6.65. The zero-order valence-electron chi connectivity index (χ0n) is 13.9. The first kappa shape index (κ1) is 17.1. The molecule has 1 N–H and O–H groups in total. The summed E-state index contributed by atoms with van der Waals surface area (Å²) in [6, 6.07) is 16.8. The van der Waals surface area contributed by atoms with Crippen LogP contribution in [0.1, 0.15) is 35.1 Å². The molecule has 2 rings (SSSR count). The van der Waals surface area contributed by atoms with E-state index in [2.05, 4.69) is 55.6 Å². The summed E-state index contributed by atoms with van der Waals surface area (Å²) in [6.07, 6.45) is 1.31. The van der Waals surface area contributed by atoms with Crippen LogP contribution in [0.25, 0.3) is 0 Å². The van der Waals surface area contributed by atoms with Gasteiger partial charge in [0, 0.05) is 19.5 Å². The molecule has 120 valence electrons. The second-order valence-electron chi connectivity index (χ2n) is 5.79. The van der Waals surface area contributed by atoms with Crippen LogP contribution < -0.4 is 10.1 Å². The van der Waals surface area contributed by atoms with E-state index >= 15 is 0 Å². The highest BCUT2D eigenvalue weighted by Gasteiger charge is 2.00. The Morgan fingerprint density at radius 2 is 1.96 bits per heavy atom. The van der Waals surface area contributed by atoms with Crippen LogP contribution in [-0.4, -0.2) is 6.61 Å². The molecule has 0 bridgehead atoms. The van der Waals surface area contributed by atoms with Crippen molar-refractivity contribution in [2.24, 2.45) is 0 Å². The van der Waals surface area contributed by atoms with Crippen LogP contribution in [0, 0.1) is 25.2 Å². The van der Waals surface area contributed by atoms with Crippen LogP contribution in [0.5, 0.6) is 5.75 Å². The van der Waals surface area contributed by atoms with Crippen LogP contribution >= 0.6 is 0 Å². The van der Waals surface area contributed by atoms with Crippen molar-refractivity contribution in [3.05, 3.63) is 64.7 Å². The normalized spacial score (nSPS) is 10.3. The largest absolute Gasteiger partial charge is 0.494 e. The van der Waals surface area contributed by atoms with Crippen molar-refractivity contribution < 1.29 is 4.74 Å². The number of aryl methyl sites for hydroxylation is 2. The number of benzene rings is 2. The van der Waals surface area contributed by atoms with Gasteiger partial charge in [-0.15, -0.1) is 0 Å². The molecule has 3 heteroatoms. The number of rotatable bonds is 8. The van der Waals surface area contributed by atoms with Crippen molar-refractivity contribution in [2.75, 3.05) is 6.61 Å². The summed E-state index contributed by atoms with van der Waals surface area (Å²) in [4.78, 5) is 0. The quantitative estimate of drug-likeness (QED) is 0.740. The molecular formula is C20H24N2O. The third-order valence-corrected chi connectivity index (χ3v) is 3.74. The molecule has 23 heavy (non-hydrogen) atoms. The van der Waals surface area contributed by atoms with Gasteiger partial charge in [-0.25, -0.2) is 0 Å². The molecule has 0 aromatic heterocycles. The number of hydrogen-bond donors (Lipinski definition) is 1. The summed E-state index contributed by atoms with van der Waals surface area (Å²) in [5, 5.41) is 12.0. The van der Waals surface area contributed by atoms with Crippen molar-refractivity contribution in [3.63, 3.8) is 0 Å². The van der Waals surface area contributed by atoms with Gasteiger partial charge in [-0.2, -0.15) is 5.26 Å². The maximum atomic E-state index is 8.52. The van der Waals surface area contributed by atoms with E-state index in [1.807, 2.05) is 12.1 Å².